The van der Waals surface area contributed by atoms with Gasteiger partial charge in [0.1, 0.15) is 17.3 Å². The van der Waals surface area contributed by atoms with Crippen LogP contribution in [-0.2, 0) is 11.2 Å². The van der Waals surface area contributed by atoms with E-state index >= 15 is 0 Å². The molecule has 21 heavy (non-hydrogen) atoms. The van der Waals surface area contributed by atoms with Gasteiger partial charge in [-0.15, -0.1) is 0 Å². The number of ether oxygens (including phenoxy) is 2. The molecule has 0 amide bonds. The van der Waals surface area contributed by atoms with Crippen LogP contribution in [0.1, 0.15) is 44.1 Å². The summed E-state index contributed by atoms with van der Waals surface area (Å²) in [6.45, 7) is 0. The molecule has 1 aromatic carbocycles. The van der Waals surface area contributed by atoms with Crippen LogP contribution in [0.5, 0.6) is 11.5 Å². The summed E-state index contributed by atoms with van der Waals surface area (Å²) in [4.78, 5) is 12.3. The zero-order chi connectivity index (χ0) is 15.2. The minimum atomic E-state index is 0.268. The normalized spacial score (nSPS) is 15.8. The molecule has 116 valence electrons. The molecular formula is C17H23ClO3. The Labute approximate surface area is 131 Å². The molecule has 0 aliphatic heterocycles. The van der Waals surface area contributed by atoms with E-state index in [4.69, 9.17) is 21.1 Å². The molecule has 0 bridgehead atoms. The third-order valence-electron chi connectivity index (χ3n) is 4.18. The van der Waals surface area contributed by atoms with E-state index in [2.05, 4.69) is 0 Å². The second-order valence-electron chi connectivity index (χ2n) is 5.72. The standard InChI is InChI=1S/C17H23ClO3/c1-20-16-11-15(18)17(21-2)10-13(16)9-14(19)8-12-6-4-3-5-7-12/h10-12H,3-9H2,1-2H3. The molecule has 0 radical (unpaired) electrons. The summed E-state index contributed by atoms with van der Waals surface area (Å²) in [6, 6.07) is 3.52. The summed E-state index contributed by atoms with van der Waals surface area (Å²) in [6.07, 6.45) is 7.26. The van der Waals surface area contributed by atoms with Crippen molar-refractivity contribution in [3.8, 4) is 11.5 Å². The van der Waals surface area contributed by atoms with Gasteiger partial charge in [0.25, 0.3) is 0 Å². The van der Waals surface area contributed by atoms with Crippen molar-refractivity contribution in [3.05, 3.63) is 22.7 Å². The molecule has 1 aliphatic rings. The van der Waals surface area contributed by atoms with E-state index in [-0.39, 0.29) is 5.78 Å². The first kappa shape index (κ1) is 16.2. The number of Topliss-reactive ketones (excluding diaryl/α,β-unsaturated/α-hetero) is 1. The van der Waals surface area contributed by atoms with Gasteiger partial charge in [-0.3, -0.25) is 4.79 Å². The first-order valence-electron chi connectivity index (χ1n) is 7.56. The first-order valence-corrected chi connectivity index (χ1v) is 7.94. The first-order chi connectivity index (χ1) is 10.1. The van der Waals surface area contributed by atoms with E-state index < -0.39 is 0 Å². The number of methoxy groups -OCH3 is 2. The quantitative estimate of drug-likeness (QED) is 0.779. The van der Waals surface area contributed by atoms with Crippen LogP contribution < -0.4 is 9.47 Å². The Balaban J connectivity index is 2.05. The highest BCUT2D eigenvalue weighted by atomic mass is 35.5. The molecule has 1 fully saturated rings. The topological polar surface area (TPSA) is 35.5 Å². The van der Waals surface area contributed by atoms with Crippen molar-refractivity contribution in [1.29, 1.82) is 0 Å². The molecule has 1 aromatic rings. The Hall–Kier alpha value is -1.22. The van der Waals surface area contributed by atoms with Crippen LogP contribution in [0.15, 0.2) is 12.1 Å². The third-order valence-corrected chi connectivity index (χ3v) is 4.48. The van der Waals surface area contributed by atoms with E-state index in [1.165, 1.54) is 32.1 Å². The highest BCUT2D eigenvalue weighted by Gasteiger charge is 2.19. The predicted octanol–water partition coefficient (Wildman–Crippen LogP) is 4.44. The van der Waals surface area contributed by atoms with Gasteiger partial charge in [-0.25, -0.2) is 0 Å². The molecule has 0 aromatic heterocycles. The van der Waals surface area contributed by atoms with Gasteiger partial charge in [0.2, 0.25) is 0 Å². The fraction of sp³-hybridized carbons (Fsp3) is 0.588. The Kier molecular flexibility index (Phi) is 5.92. The van der Waals surface area contributed by atoms with Crippen LogP contribution in [0, 0.1) is 5.92 Å². The number of carbonyl (C=O) groups is 1. The lowest BCUT2D eigenvalue weighted by Crippen LogP contribution is -2.14. The van der Waals surface area contributed by atoms with Gasteiger partial charge < -0.3 is 9.47 Å². The molecular weight excluding hydrogens is 288 g/mol. The van der Waals surface area contributed by atoms with Gasteiger partial charge in [-0.2, -0.15) is 0 Å². The smallest absolute Gasteiger partial charge is 0.138 e. The van der Waals surface area contributed by atoms with Crippen LogP contribution in [0.3, 0.4) is 0 Å². The molecule has 1 saturated carbocycles. The van der Waals surface area contributed by atoms with E-state index in [0.29, 0.717) is 35.3 Å². The van der Waals surface area contributed by atoms with Crippen LogP contribution in [-0.4, -0.2) is 20.0 Å². The summed E-state index contributed by atoms with van der Waals surface area (Å²) in [5, 5.41) is 0.498. The Morgan fingerprint density at radius 2 is 1.81 bits per heavy atom. The fourth-order valence-corrected chi connectivity index (χ4v) is 3.29. The van der Waals surface area contributed by atoms with E-state index in [9.17, 15) is 4.79 Å². The van der Waals surface area contributed by atoms with Crippen molar-refractivity contribution in [1.82, 2.24) is 0 Å². The zero-order valence-corrected chi connectivity index (χ0v) is 13.5. The second-order valence-corrected chi connectivity index (χ2v) is 6.13. The summed E-state index contributed by atoms with van der Waals surface area (Å²) in [7, 11) is 3.16. The molecule has 3 nitrogen and oxygen atoms in total. The van der Waals surface area contributed by atoms with Gasteiger partial charge in [0.05, 0.1) is 19.2 Å². The molecule has 0 atom stereocenters. The van der Waals surface area contributed by atoms with Crippen LogP contribution in [0.25, 0.3) is 0 Å². The van der Waals surface area contributed by atoms with Crippen molar-refractivity contribution in [3.63, 3.8) is 0 Å². The van der Waals surface area contributed by atoms with Crippen molar-refractivity contribution in [2.75, 3.05) is 14.2 Å². The molecule has 2 rings (SSSR count). The summed E-state index contributed by atoms with van der Waals surface area (Å²) >= 11 is 6.08. The lowest BCUT2D eigenvalue weighted by atomic mass is 9.85. The van der Waals surface area contributed by atoms with E-state index in [0.717, 1.165) is 5.56 Å². The Morgan fingerprint density at radius 3 is 2.43 bits per heavy atom. The number of halogens is 1. The molecule has 0 heterocycles. The number of hydrogen-bond donors (Lipinski definition) is 0. The molecule has 0 N–H and O–H groups in total. The average Bonchev–Trinajstić information content (AvgIpc) is 2.49. The van der Waals surface area contributed by atoms with Crippen LogP contribution in [0.2, 0.25) is 5.02 Å². The molecule has 1 aliphatic carbocycles. The lowest BCUT2D eigenvalue weighted by Gasteiger charge is -2.21. The number of carbonyl (C=O) groups excluding carboxylic acids is 1. The second kappa shape index (κ2) is 7.69. The highest BCUT2D eigenvalue weighted by Crippen LogP contribution is 2.33. The lowest BCUT2D eigenvalue weighted by molar-refractivity contribution is -0.119. The summed E-state index contributed by atoms with van der Waals surface area (Å²) in [5.74, 6) is 2.06. The van der Waals surface area contributed by atoms with E-state index in [1.54, 1.807) is 26.4 Å². The zero-order valence-electron chi connectivity index (χ0n) is 12.8. The van der Waals surface area contributed by atoms with Gasteiger partial charge in [0, 0.05) is 24.5 Å². The van der Waals surface area contributed by atoms with Crippen LogP contribution in [0.4, 0.5) is 0 Å². The Bertz CT molecular complexity index is 493. The maximum Gasteiger partial charge on any atom is 0.138 e. The largest absolute Gasteiger partial charge is 0.496 e. The number of benzene rings is 1. The number of hydrogen-bond acceptors (Lipinski definition) is 3. The predicted molar refractivity (Wildman–Crippen MR) is 84.5 cm³/mol. The third kappa shape index (κ3) is 4.37. The molecule has 0 unspecified atom stereocenters. The molecule has 0 saturated heterocycles. The average molecular weight is 311 g/mol. The maximum atomic E-state index is 12.3. The maximum absolute atomic E-state index is 12.3. The van der Waals surface area contributed by atoms with E-state index in [1.807, 2.05) is 0 Å². The number of rotatable bonds is 6. The summed E-state index contributed by atoms with van der Waals surface area (Å²) < 4.78 is 10.5. The van der Waals surface area contributed by atoms with Gasteiger partial charge in [-0.1, -0.05) is 43.7 Å². The minimum absolute atomic E-state index is 0.268. The van der Waals surface area contributed by atoms with Crippen molar-refractivity contribution < 1.29 is 14.3 Å². The monoisotopic (exact) mass is 310 g/mol. The van der Waals surface area contributed by atoms with Gasteiger partial charge in [-0.05, 0) is 12.0 Å². The highest BCUT2D eigenvalue weighted by molar-refractivity contribution is 6.32. The Morgan fingerprint density at radius 1 is 1.14 bits per heavy atom. The fourth-order valence-electron chi connectivity index (χ4n) is 3.06. The number of ketones is 1. The van der Waals surface area contributed by atoms with Crippen LogP contribution >= 0.6 is 11.6 Å². The molecule has 4 heteroatoms. The SMILES string of the molecule is COc1cc(CC(=O)CC2CCCCC2)c(OC)cc1Cl. The minimum Gasteiger partial charge on any atom is -0.496 e. The van der Waals surface area contributed by atoms with Gasteiger partial charge >= 0.3 is 0 Å². The van der Waals surface area contributed by atoms with Crippen molar-refractivity contribution in [2.45, 2.75) is 44.9 Å². The molecule has 0 spiro atoms. The van der Waals surface area contributed by atoms with Crippen molar-refractivity contribution >= 4 is 17.4 Å². The van der Waals surface area contributed by atoms with Gasteiger partial charge in [0.15, 0.2) is 0 Å². The summed E-state index contributed by atoms with van der Waals surface area (Å²) in [5.41, 5.74) is 0.847. The van der Waals surface area contributed by atoms with Crippen molar-refractivity contribution in [2.24, 2.45) is 5.92 Å².